The monoisotopic (exact) mass is 290 g/mol. The van der Waals surface area contributed by atoms with Crippen LogP contribution in [0.15, 0.2) is 33.6 Å². The van der Waals surface area contributed by atoms with Crippen molar-refractivity contribution in [2.24, 2.45) is 0 Å². The van der Waals surface area contributed by atoms with Crippen LogP contribution in [0.3, 0.4) is 0 Å². The molecule has 0 aliphatic carbocycles. The Labute approximate surface area is 103 Å². The van der Waals surface area contributed by atoms with E-state index >= 15 is 0 Å². The second-order valence-electron chi connectivity index (χ2n) is 2.77. The molecule has 0 radical (unpaired) electrons. The van der Waals surface area contributed by atoms with Crippen LogP contribution in [-0.2, 0) is 9.47 Å². The fourth-order valence-corrected chi connectivity index (χ4v) is 2.20. The minimum atomic E-state index is -0.207. The van der Waals surface area contributed by atoms with Crippen LogP contribution in [0.1, 0.15) is 13.8 Å². The zero-order valence-electron chi connectivity index (χ0n) is 8.90. The molecule has 84 valence electrons. The molecule has 4 heteroatoms. The highest BCUT2D eigenvalue weighted by atomic mass is 79.9. The number of halogens is 1. The van der Waals surface area contributed by atoms with E-state index in [1.165, 1.54) is 0 Å². The van der Waals surface area contributed by atoms with Crippen molar-refractivity contribution in [2.75, 3.05) is 13.2 Å². The molecule has 0 N–H and O–H groups in total. The standard InChI is InChI=1S/C11H15BrO2S/c1-3-13-11(14-4-2)15-10-7-5-9(12)6-8-10/h5-8,11H,3-4H2,1-2H3. The summed E-state index contributed by atoms with van der Waals surface area (Å²) in [7, 11) is 0. The van der Waals surface area contributed by atoms with Crippen LogP contribution >= 0.6 is 27.7 Å². The summed E-state index contributed by atoms with van der Waals surface area (Å²) in [5.74, 6) is 0. The fraction of sp³-hybridized carbons (Fsp3) is 0.455. The molecule has 0 amide bonds. The first-order valence-corrected chi connectivity index (χ1v) is 6.59. The van der Waals surface area contributed by atoms with Crippen LogP contribution in [0.2, 0.25) is 0 Å². The lowest BCUT2D eigenvalue weighted by molar-refractivity contribution is -0.0737. The summed E-state index contributed by atoms with van der Waals surface area (Å²) in [4.78, 5) is 1.14. The van der Waals surface area contributed by atoms with E-state index in [4.69, 9.17) is 9.47 Å². The molecule has 0 bridgehead atoms. The van der Waals surface area contributed by atoms with Gasteiger partial charge in [-0.1, -0.05) is 27.7 Å². The molecule has 0 saturated heterocycles. The highest BCUT2D eigenvalue weighted by Crippen LogP contribution is 2.26. The second-order valence-corrected chi connectivity index (χ2v) is 4.78. The number of benzene rings is 1. The normalized spacial score (nSPS) is 10.9. The molecule has 1 aromatic rings. The van der Waals surface area contributed by atoms with Crippen molar-refractivity contribution < 1.29 is 9.47 Å². The van der Waals surface area contributed by atoms with E-state index in [1.807, 2.05) is 38.1 Å². The van der Waals surface area contributed by atoms with Gasteiger partial charge in [-0.25, -0.2) is 0 Å². The molecule has 0 aromatic heterocycles. The van der Waals surface area contributed by atoms with E-state index in [-0.39, 0.29) is 5.62 Å². The van der Waals surface area contributed by atoms with Crippen molar-refractivity contribution in [1.82, 2.24) is 0 Å². The topological polar surface area (TPSA) is 18.5 Å². The maximum Gasteiger partial charge on any atom is 0.211 e. The summed E-state index contributed by atoms with van der Waals surface area (Å²) in [6.45, 7) is 5.25. The van der Waals surface area contributed by atoms with Gasteiger partial charge in [0.15, 0.2) is 0 Å². The largest absolute Gasteiger partial charge is 0.344 e. The highest BCUT2D eigenvalue weighted by molar-refractivity contribution is 9.10. The van der Waals surface area contributed by atoms with E-state index in [9.17, 15) is 0 Å². The Bertz CT molecular complexity index is 270. The molecule has 1 rings (SSSR count). The van der Waals surface area contributed by atoms with Crippen molar-refractivity contribution in [1.29, 1.82) is 0 Å². The summed E-state index contributed by atoms with van der Waals surface area (Å²) in [5, 5.41) is 0. The summed E-state index contributed by atoms with van der Waals surface area (Å²) in [5.41, 5.74) is -0.207. The van der Waals surface area contributed by atoms with Crippen LogP contribution < -0.4 is 0 Å². The first-order chi connectivity index (χ1) is 7.26. The van der Waals surface area contributed by atoms with Crippen LogP contribution in [-0.4, -0.2) is 18.8 Å². The Balaban J connectivity index is 2.53. The van der Waals surface area contributed by atoms with Gasteiger partial charge in [0, 0.05) is 22.6 Å². The maximum absolute atomic E-state index is 5.45. The highest BCUT2D eigenvalue weighted by Gasteiger charge is 2.09. The number of ether oxygens (including phenoxy) is 2. The molecule has 0 atom stereocenters. The summed E-state index contributed by atoms with van der Waals surface area (Å²) < 4.78 is 12.0. The molecule has 15 heavy (non-hydrogen) atoms. The van der Waals surface area contributed by atoms with Gasteiger partial charge in [0.05, 0.1) is 0 Å². The lowest BCUT2D eigenvalue weighted by Crippen LogP contribution is -2.12. The first-order valence-electron chi connectivity index (χ1n) is 4.91. The van der Waals surface area contributed by atoms with Gasteiger partial charge in [0.1, 0.15) is 0 Å². The molecule has 0 aliphatic rings. The van der Waals surface area contributed by atoms with Crippen molar-refractivity contribution in [3.63, 3.8) is 0 Å². The third-order valence-corrected chi connectivity index (χ3v) is 3.19. The SMILES string of the molecule is CCOC(OCC)Sc1ccc(Br)cc1. The van der Waals surface area contributed by atoms with Crippen LogP contribution in [0.4, 0.5) is 0 Å². The van der Waals surface area contributed by atoms with E-state index < -0.39 is 0 Å². The predicted molar refractivity (Wildman–Crippen MR) is 67.0 cm³/mol. The molecular weight excluding hydrogens is 276 g/mol. The Morgan fingerprint density at radius 2 is 1.67 bits per heavy atom. The molecule has 2 nitrogen and oxygen atoms in total. The van der Waals surface area contributed by atoms with Crippen molar-refractivity contribution in [2.45, 2.75) is 24.4 Å². The van der Waals surface area contributed by atoms with Gasteiger partial charge in [-0.3, -0.25) is 0 Å². The average Bonchev–Trinajstić information content (AvgIpc) is 2.22. The number of hydrogen-bond acceptors (Lipinski definition) is 3. The number of rotatable bonds is 6. The van der Waals surface area contributed by atoms with Gasteiger partial charge >= 0.3 is 0 Å². The average molecular weight is 291 g/mol. The third-order valence-electron chi connectivity index (χ3n) is 1.65. The lowest BCUT2D eigenvalue weighted by Gasteiger charge is -2.15. The van der Waals surface area contributed by atoms with Crippen LogP contribution in [0.5, 0.6) is 0 Å². The zero-order chi connectivity index (χ0) is 11.1. The predicted octanol–water partition coefficient (Wildman–Crippen LogP) is 3.90. The van der Waals surface area contributed by atoms with Crippen molar-refractivity contribution in [3.05, 3.63) is 28.7 Å². The molecule has 0 fully saturated rings. The van der Waals surface area contributed by atoms with Gasteiger partial charge in [0.25, 0.3) is 0 Å². The number of hydrogen-bond donors (Lipinski definition) is 0. The third kappa shape index (κ3) is 5.02. The second kappa shape index (κ2) is 7.28. The minimum Gasteiger partial charge on any atom is -0.344 e. The van der Waals surface area contributed by atoms with Gasteiger partial charge in [0.2, 0.25) is 5.62 Å². The molecular formula is C11H15BrO2S. The van der Waals surface area contributed by atoms with Crippen molar-refractivity contribution >= 4 is 27.7 Å². The molecule has 0 spiro atoms. The van der Waals surface area contributed by atoms with Crippen LogP contribution in [0, 0.1) is 0 Å². The molecule has 1 aromatic carbocycles. The van der Waals surface area contributed by atoms with Gasteiger partial charge in [-0.05, 0) is 38.1 Å². The minimum absolute atomic E-state index is 0.207. The molecule has 0 heterocycles. The lowest BCUT2D eigenvalue weighted by atomic mass is 10.4. The first kappa shape index (κ1) is 13.0. The number of thioether (sulfide) groups is 1. The van der Waals surface area contributed by atoms with Crippen LogP contribution in [0.25, 0.3) is 0 Å². The molecule has 0 unspecified atom stereocenters. The zero-order valence-corrected chi connectivity index (χ0v) is 11.3. The van der Waals surface area contributed by atoms with E-state index in [0.717, 1.165) is 9.37 Å². The van der Waals surface area contributed by atoms with Gasteiger partial charge in [-0.2, -0.15) is 0 Å². The Morgan fingerprint density at radius 1 is 1.13 bits per heavy atom. The molecule has 0 saturated carbocycles. The van der Waals surface area contributed by atoms with E-state index in [0.29, 0.717) is 13.2 Å². The Kier molecular flexibility index (Phi) is 6.32. The summed E-state index contributed by atoms with van der Waals surface area (Å²) in [6, 6.07) is 8.11. The van der Waals surface area contributed by atoms with E-state index in [2.05, 4.69) is 15.9 Å². The smallest absolute Gasteiger partial charge is 0.211 e. The maximum atomic E-state index is 5.45. The van der Waals surface area contributed by atoms with E-state index in [1.54, 1.807) is 11.8 Å². The van der Waals surface area contributed by atoms with Crippen molar-refractivity contribution in [3.8, 4) is 0 Å². The summed E-state index contributed by atoms with van der Waals surface area (Å²) >= 11 is 4.98. The molecule has 0 aliphatic heterocycles. The Hall–Kier alpha value is -0.0300. The summed E-state index contributed by atoms with van der Waals surface area (Å²) in [6.07, 6.45) is 0. The van der Waals surface area contributed by atoms with Gasteiger partial charge < -0.3 is 9.47 Å². The fourth-order valence-electron chi connectivity index (χ4n) is 1.01. The quantitative estimate of drug-likeness (QED) is 0.585. The van der Waals surface area contributed by atoms with Gasteiger partial charge in [-0.15, -0.1) is 0 Å². The Morgan fingerprint density at radius 3 is 2.13 bits per heavy atom.